The van der Waals surface area contributed by atoms with Gasteiger partial charge < -0.3 is 15.0 Å². The molecule has 2 atom stereocenters. The highest BCUT2D eigenvalue weighted by molar-refractivity contribution is 4.98. The van der Waals surface area contributed by atoms with Gasteiger partial charge in [-0.1, -0.05) is 0 Å². The maximum atomic E-state index is 9.27. The fourth-order valence-corrected chi connectivity index (χ4v) is 1.52. The molecule has 0 aliphatic carbocycles. The first-order valence-electron chi connectivity index (χ1n) is 4.02. The average Bonchev–Trinajstić information content (AvgIpc) is 2.58. The van der Waals surface area contributed by atoms with Gasteiger partial charge in [-0.25, -0.2) is 0 Å². The van der Waals surface area contributed by atoms with E-state index in [1.165, 1.54) is 0 Å². The van der Waals surface area contributed by atoms with Crippen LogP contribution in [0.3, 0.4) is 0 Å². The van der Waals surface area contributed by atoms with E-state index in [1.807, 2.05) is 11.6 Å². The van der Waals surface area contributed by atoms with Crippen LogP contribution in [0.2, 0.25) is 0 Å². The van der Waals surface area contributed by atoms with Crippen LogP contribution in [0, 0.1) is 0 Å². The highest BCUT2D eigenvalue weighted by Crippen LogP contribution is 2.20. The van der Waals surface area contributed by atoms with Crippen LogP contribution >= 0.6 is 0 Å². The first-order valence-corrected chi connectivity index (χ1v) is 4.02. The summed E-state index contributed by atoms with van der Waals surface area (Å²) in [7, 11) is 1.90. The number of hydrogen-bond donors (Lipinski definition) is 2. The van der Waals surface area contributed by atoms with Crippen LogP contribution in [0.25, 0.3) is 0 Å². The molecule has 0 saturated carbocycles. The van der Waals surface area contributed by atoms with Gasteiger partial charge in [0, 0.05) is 13.6 Å². The van der Waals surface area contributed by atoms with Gasteiger partial charge in [0.25, 0.3) is 0 Å². The lowest BCUT2D eigenvalue weighted by molar-refractivity contribution is 0.193. The summed E-state index contributed by atoms with van der Waals surface area (Å²) in [5.74, 6) is 0.895. The van der Waals surface area contributed by atoms with Gasteiger partial charge in [0.15, 0.2) is 0 Å². The van der Waals surface area contributed by atoms with Crippen LogP contribution in [-0.2, 0) is 7.05 Å². The molecule has 2 heterocycles. The third-order valence-electron chi connectivity index (χ3n) is 2.17. The van der Waals surface area contributed by atoms with Gasteiger partial charge in [0.2, 0.25) is 0 Å². The number of aliphatic hydroxyl groups excluding tert-OH is 1. The number of aryl methyl sites for hydroxylation is 1. The third kappa shape index (κ3) is 1.21. The third-order valence-corrected chi connectivity index (χ3v) is 2.17. The Bertz CT molecular complexity index is 272. The normalized spacial score (nSPS) is 29.5. The zero-order valence-electron chi connectivity index (χ0n) is 6.94. The smallest absolute Gasteiger partial charge is 0.149 e. The quantitative estimate of drug-likeness (QED) is 0.577. The van der Waals surface area contributed by atoms with Crippen LogP contribution in [0.1, 0.15) is 18.3 Å². The molecule has 0 unspecified atom stereocenters. The van der Waals surface area contributed by atoms with Crippen LogP contribution in [0.15, 0.2) is 6.33 Å². The van der Waals surface area contributed by atoms with Crippen LogP contribution in [0.4, 0.5) is 0 Å². The summed E-state index contributed by atoms with van der Waals surface area (Å²) in [6.45, 7) is 0.650. The fraction of sp³-hybridized carbons (Fsp3) is 0.714. The van der Waals surface area contributed by atoms with Crippen molar-refractivity contribution in [3.63, 3.8) is 0 Å². The van der Waals surface area contributed by atoms with Crippen molar-refractivity contribution in [1.82, 2.24) is 20.1 Å². The number of aromatic nitrogens is 3. The minimum absolute atomic E-state index is 0.160. The summed E-state index contributed by atoms with van der Waals surface area (Å²) in [5, 5.41) is 20.2. The van der Waals surface area contributed by atoms with E-state index in [2.05, 4.69) is 15.5 Å². The molecule has 2 N–H and O–H groups in total. The van der Waals surface area contributed by atoms with Gasteiger partial charge in [0.05, 0.1) is 12.1 Å². The molecule has 1 fully saturated rings. The summed E-state index contributed by atoms with van der Waals surface area (Å²) in [5.41, 5.74) is 0. The van der Waals surface area contributed by atoms with Gasteiger partial charge in [-0.15, -0.1) is 10.2 Å². The molecular weight excluding hydrogens is 156 g/mol. The molecule has 0 bridgehead atoms. The van der Waals surface area contributed by atoms with Gasteiger partial charge in [-0.2, -0.15) is 0 Å². The Kier molecular flexibility index (Phi) is 1.82. The summed E-state index contributed by atoms with van der Waals surface area (Å²) < 4.78 is 1.87. The Balaban J connectivity index is 2.16. The number of nitrogens with one attached hydrogen (secondary N) is 1. The molecule has 5 heteroatoms. The summed E-state index contributed by atoms with van der Waals surface area (Å²) in [6.07, 6.45) is 2.15. The predicted molar refractivity (Wildman–Crippen MR) is 42.4 cm³/mol. The van der Waals surface area contributed by atoms with Crippen LogP contribution in [0.5, 0.6) is 0 Å². The molecule has 1 aromatic rings. The van der Waals surface area contributed by atoms with E-state index in [1.54, 1.807) is 6.33 Å². The van der Waals surface area contributed by atoms with Crippen molar-refractivity contribution >= 4 is 0 Å². The standard InChI is InChI=1S/C7H12N4O/c1-11-4-9-10-7(11)6-2-5(12)3-8-6/h4-6,8,12H,2-3H2,1H3/t5-,6-/m0/s1. The molecule has 1 saturated heterocycles. The Morgan fingerprint density at radius 2 is 2.58 bits per heavy atom. The Morgan fingerprint density at radius 1 is 1.75 bits per heavy atom. The number of hydrogen-bond acceptors (Lipinski definition) is 4. The Labute approximate surface area is 70.4 Å². The molecule has 5 nitrogen and oxygen atoms in total. The van der Waals surface area contributed by atoms with E-state index in [4.69, 9.17) is 0 Å². The lowest BCUT2D eigenvalue weighted by Crippen LogP contribution is -2.17. The zero-order valence-corrected chi connectivity index (χ0v) is 6.94. The summed E-state index contributed by atoms with van der Waals surface area (Å²) >= 11 is 0. The van der Waals surface area contributed by atoms with E-state index >= 15 is 0 Å². The minimum atomic E-state index is -0.244. The molecule has 1 aromatic heterocycles. The second-order valence-corrected chi connectivity index (χ2v) is 3.15. The van der Waals surface area contributed by atoms with Gasteiger partial charge in [-0.05, 0) is 6.42 Å². The number of β-amino-alcohol motifs (C(OH)–C–C–N with tert-alkyl or cyclic N) is 1. The van der Waals surface area contributed by atoms with Crippen molar-refractivity contribution in [1.29, 1.82) is 0 Å². The number of rotatable bonds is 1. The number of nitrogens with zero attached hydrogens (tertiary/aromatic N) is 3. The molecule has 2 rings (SSSR count). The number of aliphatic hydroxyl groups is 1. The van der Waals surface area contributed by atoms with Crippen LogP contribution < -0.4 is 5.32 Å². The van der Waals surface area contributed by atoms with Crippen LogP contribution in [-0.4, -0.2) is 32.5 Å². The Hall–Kier alpha value is -0.940. The van der Waals surface area contributed by atoms with Crippen molar-refractivity contribution in [3.05, 3.63) is 12.2 Å². The molecule has 0 aromatic carbocycles. The molecule has 1 aliphatic rings. The Morgan fingerprint density at radius 3 is 3.08 bits per heavy atom. The second kappa shape index (κ2) is 2.84. The molecular formula is C7H12N4O. The maximum Gasteiger partial charge on any atom is 0.149 e. The van der Waals surface area contributed by atoms with E-state index < -0.39 is 0 Å². The molecule has 0 radical (unpaired) electrons. The van der Waals surface area contributed by atoms with E-state index in [9.17, 15) is 5.11 Å². The first kappa shape index (κ1) is 7.70. The lowest BCUT2D eigenvalue weighted by atomic mass is 10.2. The summed E-state index contributed by atoms with van der Waals surface area (Å²) in [4.78, 5) is 0. The fourth-order valence-electron chi connectivity index (χ4n) is 1.52. The highest BCUT2D eigenvalue weighted by atomic mass is 16.3. The van der Waals surface area contributed by atoms with E-state index in [0.29, 0.717) is 6.54 Å². The largest absolute Gasteiger partial charge is 0.392 e. The van der Waals surface area contributed by atoms with Crippen molar-refractivity contribution < 1.29 is 5.11 Å². The maximum absolute atomic E-state index is 9.27. The predicted octanol–water partition coefficient (Wildman–Crippen LogP) is -0.790. The molecule has 0 amide bonds. The first-order chi connectivity index (χ1) is 5.77. The highest BCUT2D eigenvalue weighted by Gasteiger charge is 2.26. The average molecular weight is 168 g/mol. The van der Waals surface area contributed by atoms with Gasteiger partial charge >= 0.3 is 0 Å². The molecule has 1 aliphatic heterocycles. The minimum Gasteiger partial charge on any atom is -0.392 e. The lowest BCUT2D eigenvalue weighted by Gasteiger charge is -2.07. The summed E-state index contributed by atoms with van der Waals surface area (Å²) in [6, 6.07) is 0.160. The van der Waals surface area contributed by atoms with Crippen molar-refractivity contribution in [2.75, 3.05) is 6.54 Å². The monoisotopic (exact) mass is 168 g/mol. The molecule has 0 spiro atoms. The van der Waals surface area contributed by atoms with E-state index in [-0.39, 0.29) is 12.1 Å². The van der Waals surface area contributed by atoms with Crippen molar-refractivity contribution in [3.8, 4) is 0 Å². The molecule has 12 heavy (non-hydrogen) atoms. The topological polar surface area (TPSA) is 63.0 Å². The van der Waals surface area contributed by atoms with Crippen molar-refractivity contribution in [2.45, 2.75) is 18.6 Å². The second-order valence-electron chi connectivity index (χ2n) is 3.15. The molecule has 66 valence electrons. The van der Waals surface area contributed by atoms with Crippen molar-refractivity contribution in [2.24, 2.45) is 7.05 Å². The zero-order chi connectivity index (χ0) is 8.55. The van der Waals surface area contributed by atoms with Gasteiger partial charge in [-0.3, -0.25) is 0 Å². The SMILES string of the molecule is Cn1cnnc1[C@@H]1C[C@H](O)CN1. The van der Waals surface area contributed by atoms with E-state index in [0.717, 1.165) is 12.2 Å². The van der Waals surface area contributed by atoms with Gasteiger partial charge in [0.1, 0.15) is 12.2 Å².